The van der Waals surface area contributed by atoms with Crippen LogP contribution in [0.4, 0.5) is 0 Å². The van der Waals surface area contributed by atoms with Crippen molar-refractivity contribution in [3.8, 4) is 0 Å². The molecule has 0 aliphatic carbocycles. The van der Waals surface area contributed by atoms with Crippen molar-refractivity contribution in [1.82, 2.24) is 0 Å². The molecule has 0 aromatic carbocycles. The molecule has 0 saturated carbocycles. The number of ether oxygens (including phenoxy) is 2. The van der Waals surface area contributed by atoms with Crippen molar-refractivity contribution in [1.29, 1.82) is 0 Å². The number of allylic oxidation sites excluding steroid dienone is 1. The van der Waals surface area contributed by atoms with Gasteiger partial charge in [0.05, 0.1) is 13.2 Å². The molecule has 0 radical (unpaired) electrons. The Labute approximate surface area is 118 Å². The quantitative estimate of drug-likeness (QED) is 0.752. The van der Waals surface area contributed by atoms with E-state index in [0.717, 1.165) is 26.1 Å². The molecule has 1 heterocycles. The van der Waals surface area contributed by atoms with Crippen molar-refractivity contribution < 1.29 is 9.47 Å². The summed E-state index contributed by atoms with van der Waals surface area (Å²) in [6.07, 6.45) is 6.31. The van der Waals surface area contributed by atoms with Gasteiger partial charge in [-0.25, -0.2) is 0 Å². The first-order chi connectivity index (χ1) is 8.82. The summed E-state index contributed by atoms with van der Waals surface area (Å²) in [7, 11) is 0. The molecular weight excluding hydrogens is 238 g/mol. The third-order valence-corrected chi connectivity index (χ3v) is 3.71. The van der Waals surface area contributed by atoms with Crippen LogP contribution in [0.3, 0.4) is 0 Å². The van der Waals surface area contributed by atoms with Crippen LogP contribution < -0.4 is 5.73 Å². The molecule has 1 rings (SSSR count). The molecule has 1 saturated heterocycles. The van der Waals surface area contributed by atoms with Gasteiger partial charge in [0.25, 0.3) is 0 Å². The maximum atomic E-state index is 6.11. The minimum Gasteiger partial charge on any atom is -0.352 e. The molecule has 19 heavy (non-hydrogen) atoms. The minimum atomic E-state index is -0.0354. The van der Waals surface area contributed by atoms with Crippen molar-refractivity contribution in [2.45, 2.75) is 59.8 Å². The van der Waals surface area contributed by atoms with E-state index in [4.69, 9.17) is 15.2 Å². The van der Waals surface area contributed by atoms with Crippen LogP contribution in [-0.4, -0.2) is 25.5 Å². The summed E-state index contributed by atoms with van der Waals surface area (Å²) in [4.78, 5) is 0. The molecule has 2 atom stereocenters. The van der Waals surface area contributed by atoms with E-state index in [2.05, 4.69) is 46.8 Å². The summed E-state index contributed by atoms with van der Waals surface area (Å²) in [6.45, 7) is 12.4. The van der Waals surface area contributed by atoms with Crippen molar-refractivity contribution in [3.63, 3.8) is 0 Å². The lowest BCUT2D eigenvalue weighted by molar-refractivity contribution is -0.223. The summed E-state index contributed by atoms with van der Waals surface area (Å²) >= 11 is 0. The Kier molecular flexibility index (Phi) is 6.51. The Bertz CT molecular complexity index is 276. The molecule has 112 valence electrons. The fourth-order valence-electron chi connectivity index (χ4n) is 2.17. The monoisotopic (exact) mass is 269 g/mol. The molecule has 2 N–H and O–H groups in total. The van der Waals surface area contributed by atoms with E-state index in [9.17, 15) is 0 Å². The number of hydrogen-bond donors (Lipinski definition) is 1. The molecule has 1 fully saturated rings. The van der Waals surface area contributed by atoms with Gasteiger partial charge in [0.15, 0.2) is 6.29 Å². The van der Waals surface area contributed by atoms with Gasteiger partial charge >= 0.3 is 0 Å². The zero-order chi connectivity index (χ0) is 14.5. The SMILES string of the molecule is CC(C)[C@@H](N)[C@@H](C)/C=C/CCC1OCC(C)(C)CO1. The first-order valence-corrected chi connectivity index (χ1v) is 7.47. The van der Waals surface area contributed by atoms with Crippen molar-refractivity contribution in [2.24, 2.45) is 23.0 Å². The first kappa shape index (κ1) is 16.7. The smallest absolute Gasteiger partial charge is 0.157 e. The zero-order valence-electron chi connectivity index (χ0n) is 13.2. The fraction of sp³-hybridized carbons (Fsp3) is 0.875. The molecule has 0 spiro atoms. The second-order valence-corrected chi connectivity index (χ2v) is 6.90. The van der Waals surface area contributed by atoms with Crippen LogP contribution >= 0.6 is 0 Å². The van der Waals surface area contributed by atoms with E-state index in [1.807, 2.05) is 0 Å². The lowest BCUT2D eigenvalue weighted by Crippen LogP contribution is -2.37. The van der Waals surface area contributed by atoms with Crippen LogP contribution in [0.2, 0.25) is 0 Å². The second-order valence-electron chi connectivity index (χ2n) is 6.90. The average Bonchev–Trinajstić information content (AvgIpc) is 2.34. The van der Waals surface area contributed by atoms with Gasteiger partial charge in [0.2, 0.25) is 0 Å². The standard InChI is InChI=1S/C16H31NO2/c1-12(2)15(17)13(3)8-6-7-9-14-18-10-16(4,5)11-19-14/h6,8,12-15H,7,9-11,17H2,1-5H3/b8-6+/t13-,15+/m0/s1. The van der Waals surface area contributed by atoms with Gasteiger partial charge in [-0.3, -0.25) is 0 Å². The van der Waals surface area contributed by atoms with Gasteiger partial charge in [-0.1, -0.05) is 46.8 Å². The number of nitrogens with two attached hydrogens (primary N) is 1. The molecule has 0 amide bonds. The van der Waals surface area contributed by atoms with E-state index in [0.29, 0.717) is 11.8 Å². The summed E-state index contributed by atoms with van der Waals surface area (Å²) < 4.78 is 11.4. The summed E-state index contributed by atoms with van der Waals surface area (Å²) in [5, 5.41) is 0. The highest BCUT2D eigenvalue weighted by Gasteiger charge is 2.27. The van der Waals surface area contributed by atoms with E-state index in [-0.39, 0.29) is 17.7 Å². The topological polar surface area (TPSA) is 44.5 Å². The van der Waals surface area contributed by atoms with E-state index in [1.165, 1.54) is 0 Å². The number of rotatable bonds is 6. The Hall–Kier alpha value is -0.380. The normalized spacial score (nSPS) is 23.9. The van der Waals surface area contributed by atoms with Crippen molar-refractivity contribution >= 4 is 0 Å². The Balaban J connectivity index is 2.20. The second kappa shape index (κ2) is 7.41. The predicted molar refractivity (Wildman–Crippen MR) is 79.8 cm³/mol. The van der Waals surface area contributed by atoms with Gasteiger partial charge in [-0.15, -0.1) is 0 Å². The summed E-state index contributed by atoms with van der Waals surface area (Å²) in [5.74, 6) is 0.944. The van der Waals surface area contributed by atoms with Crippen molar-refractivity contribution in [2.75, 3.05) is 13.2 Å². The third-order valence-electron chi connectivity index (χ3n) is 3.71. The summed E-state index contributed by atoms with van der Waals surface area (Å²) in [5.41, 5.74) is 6.27. The molecule has 3 nitrogen and oxygen atoms in total. The highest BCUT2D eigenvalue weighted by atomic mass is 16.7. The zero-order valence-corrected chi connectivity index (χ0v) is 13.2. The van der Waals surface area contributed by atoms with Crippen LogP contribution in [0.15, 0.2) is 12.2 Å². The number of hydrogen-bond acceptors (Lipinski definition) is 3. The van der Waals surface area contributed by atoms with E-state index >= 15 is 0 Å². The molecular formula is C16H31NO2. The Morgan fingerprint density at radius 1 is 1.21 bits per heavy atom. The van der Waals surface area contributed by atoms with Crippen LogP contribution in [0, 0.1) is 17.3 Å². The van der Waals surface area contributed by atoms with Crippen LogP contribution in [0.25, 0.3) is 0 Å². The highest BCUT2D eigenvalue weighted by Crippen LogP contribution is 2.24. The first-order valence-electron chi connectivity index (χ1n) is 7.47. The molecule has 0 unspecified atom stereocenters. The highest BCUT2D eigenvalue weighted by molar-refractivity contribution is 4.92. The molecule has 0 aromatic rings. The van der Waals surface area contributed by atoms with Gasteiger partial charge in [0, 0.05) is 17.9 Å². The average molecular weight is 269 g/mol. The van der Waals surface area contributed by atoms with E-state index in [1.54, 1.807) is 0 Å². The molecule has 0 aromatic heterocycles. The molecule has 0 bridgehead atoms. The Morgan fingerprint density at radius 3 is 2.32 bits per heavy atom. The van der Waals surface area contributed by atoms with Crippen LogP contribution in [-0.2, 0) is 9.47 Å². The summed E-state index contributed by atoms with van der Waals surface area (Å²) in [6, 6.07) is 0.235. The van der Waals surface area contributed by atoms with Crippen molar-refractivity contribution in [3.05, 3.63) is 12.2 Å². The molecule has 3 heteroatoms. The third kappa shape index (κ3) is 6.07. The lowest BCUT2D eigenvalue weighted by Gasteiger charge is -2.34. The Morgan fingerprint density at radius 2 is 1.79 bits per heavy atom. The molecule has 1 aliphatic rings. The minimum absolute atomic E-state index is 0.0354. The van der Waals surface area contributed by atoms with Crippen LogP contribution in [0.1, 0.15) is 47.5 Å². The largest absolute Gasteiger partial charge is 0.352 e. The van der Waals surface area contributed by atoms with Crippen LogP contribution in [0.5, 0.6) is 0 Å². The maximum absolute atomic E-state index is 6.11. The lowest BCUT2D eigenvalue weighted by atomic mass is 9.92. The van der Waals surface area contributed by atoms with E-state index < -0.39 is 0 Å². The predicted octanol–water partition coefficient (Wildman–Crippen LogP) is 3.34. The fourth-order valence-corrected chi connectivity index (χ4v) is 2.17. The van der Waals surface area contributed by atoms with Gasteiger partial charge in [-0.05, 0) is 18.3 Å². The van der Waals surface area contributed by atoms with Gasteiger partial charge in [-0.2, -0.15) is 0 Å². The molecule has 1 aliphatic heterocycles. The van der Waals surface area contributed by atoms with Gasteiger partial charge in [0.1, 0.15) is 0 Å². The maximum Gasteiger partial charge on any atom is 0.157 e. The van der Waals surface area contributed by atoms with Gasteiger partial charge < -0.3 is 15.2 Å².